The van der Waals surface area contributed by atoms with E-state index in [2.05, 4.69) is 25.9 Å². The maximum atomic E-state index is 12.4. The first-order chi connectivity index (χ1) is 19.3. The highest BCUT2D eigenvalue weighted by Gasteiger charge is 2.35. The van der Waals surface area contributed by atoms with Gasteiger partial charge in [-0.15, -0.1) is 0 Å². The largest absolute Gasteiger partial charge is 0.481 e. The van der Waals surface area contributed by atoms with Crippen LogP contribution in [0.5, 0.6) is 0 Å². The van der Waals surface area contributed by atoms with Crippen LogP contribution in [0.15, 0.2) is 0 Å². The summed E-state index contributed by atoms with van der Waals surface area (Å²) in [6.45, 7) is 5.02. The van der Waals surface area contributed by atoms with Crippen molar-refractivity contribution >= 4 is 11.9 Å². The second-order valence-electron chi connectivity index (χ2n) is 13.3. The molecule has 0 bridgehead atoms. The zero-order chi connectivity index (χ0) is 29.4. The van der Waals surface area contributed by atoms with E-state index in [1.165, 1.54) is 116 Å². The van der Waals surface area contributed by atoms with Crippen LogP contribution in [0.4, 0.5) is 0 Å². The van der Waals surface area contributed by atoms with E-state index in [0.717, 1.165) is 50.5 Å². The zero-order valence-electron chi connectivity index (χ0n) is 27.1. The molecule has 4 atom stereocenters. The molecule has 0 aromatic rings. The van der Waals surface area contributed by atoms with Crippen molar-refractivity contribution in [1.29, 1.82) is 0 Å². The predicted octanol–water partition coefficient (Wildman–Crippen LogP) is 9.81. The fraction of sp³-hybridized carbons (Fsp3) is 0.943. The molecule has 5 nitrogen and oxygen atoms in total. The van der Waals surface area contributed by atoms with E-state index >= 15 is 0 Å². The standard InChI is InChI=1S/C35H67NO4/c1-5-6-7-8-12-19-25-33(40-34(37)27-21-28-36(3)4)26-20-13-10-9-11-17-23-31-29-32(31)24-18-15-14-16-22-30(2)35(38)39/h30-33H,5-29H2,1-4H3,(H,38,39). The molecular weight excluding hydrogens is 498 g/mol. The van der Waals surface area contributed by atoms with Crippen molar-refractivity contribution in [1.82, 2.24) is 4.90 Å². The molecule has 0 spiro atoms. The minimum absolute atomic E-state index is 0.00147. The molecule has 236 valence electrons. The minimum Gasteiger partial charge on any atom is -0.481 e. The van der Waals surface area contributed by atoms with Gasteiger partial charge in [-0.05, 0) is 77.4 Å². The number of aliphatic carboxylic acids is 1. The monoisotopic (exact) mass is 566 g/mol. The number of carbonyl (C=O) groups is 2. The van der Waals surface area contributed by atoms with Gasteiger partial charge in [-0.25, -0.2) is 0 Å². The van der Waals surface area contributed by atoms with E-state index < -0.39 is 5.97 Å². The summed E-state index contributed by atoms with van der Waals surface area (Å²) in [5.41, 5.74) is 0. The summed E-state index contributed by atoms with van der Waals surface area (Å²) >= 11 is 0. The molecule has 0 saturated heterocycles. The van der Waals surface area contributed by atoms with Crippen molar-refractivity contribution in [3.63, 3.8) is 0 Å². The van der Waals surface area contributed by atoms with Crippen LogP contribution in [-0.4, -0.2) is 48.7 Å². The third kappa shape index (κ3) is 21.6. The number of hydrogen-bond donors (Lipinski definition) is 1. The summed E-state index contributed by atoms with van der Waals surface area (Å²) in [6.07, 6.45) is 29.2. The smallest absolute Gasteiger partial charge is 0.306 e. The second-order valence-corrected chi connectivity index (χ2v) is 13.3. The first-order valence-electron chi connectivity index (χ1n) is 17.4. The Bertz CT molecular complexity index is 623. The van der Waals surface area contributed by atoms with Gasteiger partial charge in [-0.2, -0.15) is 0 Å². The highest BCUT2D eigenvalue weighted by Crippen LogP contribution is 2.45. The lowest BCUT2D eigenvalue weighted by atomic mass is 10.0. The number of carbonyl (C=O) groups excluding carboxylic acids is 1. The van der Waals surface area contributed by atoms with Crippen molar-refractivity contribution in [2.75, 3.05) is 20.6 Å². The Morgan fingerprint density at radius 1 is 0.725 bits per heavy atom. The fourth-order valence-electron chi connectivity index (χ4n) is 6.04. The van der Waals surface area contributed by atoms with Crippen LogP contribution in [0, 0.1) is 17.8 Å². The molecule has 0 heterocycles. The molecule has 1 N–H and O–H groups in total. The summed E-state index contributed by atoms with van der Waals surface area (Å²) in [4.78, 5) is 25.4. The lowest BCUT2D eigenvalue weighted by Gasteiger charge is -2.18. The Kier molecular flexibility index (Phi) is 22.6. The van der Waals surface area contributed by atoms with E-state index in [9.17, 15) is 9.59 Å². The molecule has 0 aliphatic heterocycles. The third-order valence-corrected chi connectivity index (χ3v) is 8.97. The van der Waals surface area contributed by atoms with Crippen LogP contribution in [-0.2, 0) is 14.3 Å². The van der Waals surface area contributed by atoms with Gasteiger partial charge in [0, 0.05) is 6.42 Å². The van der Waals surface area contributed by atoms with Gasteiger partial charge in [0.1, 0.15) is 6.10 Å². The SMILES string of the molecule is CCCCCCCCC(CCCCCCCCC1CC1CCCCCCC(C)C(=O)O)OC(=O)CCCN(C)C. The van der Waals surface area contributed by atoms with Gasteiger partial charge in [0.2, 0.25) is 0 Å². The first-order valence-corrected chi connectivity index (χ1v) is 17.4. The van der Waals surface area contributed by atoms with E-state index in [4.69, 9.17) is 9.84 Å². The van der Waals surface area contributed by atoms with Crippen molar-refractivity contribution < 1.29 is 19.4 Å². The molecule has 1 saturated carbocycles. The van der Waals surface area contributed by atoms with Crippen LogP contribution in [0.3, 0.4) is 0 Å². The number of ether oxygens (including phenoxy) is 1. The van der Waals surface area contributed by atoms with Crippen molar-refractivity contribution in [2.24, 2.45) is 17.8 Å². The van der Waals surface area contributed by atoms with Crippen LogP contribution < -0.4 is 0 Å². The molecule has 1 aliphatic rings. The van der Waals surface area contributed by atoms with E-state index in [1.807, 2.05) is 6.92 Å². The summed E-state index contributed by atoms with van der Waals surface area (Å²) in [5, 5.41) is 8.95. The van der Waals surface area contributed by atoms with Gasteiger partial charge in [-0.3, -0.25) is 9.59 Å². The van der Waals surface area contributed by atoms with E-state index in [0.29, 0.717) is 6.42 Å². The van der Waals surface area contributed by atoms with Gasteiger partial charge in [0.25, 0.3) is 0 Å². The molecule has 0 aromatic heterocycles. The molecular formula is C35H67NO4. The Morgan fingerprint density at radius 3 is 1.70 bits per heavy atom. The molecule has 1 aliphatic carbocycles. The van der Waals surface area contributed by atoms with Crippen molar-refractivity contribution in [3.8, 4) is 0 Å². The number of nitrogens with zero attached hydrogens (tertiary/aromatic N) is 1. The van der Waals surface area contributed by atoms with Gasteiger partial charge in [0.05, 0.1) is 5.92 Å². The Hall–Kier alpha value is -1.10. The predicted molar refractivity (Wildman–Crippen MR) is 169 cm³/mol. The average molecular weight is 566 g/mol. The average Bonchev–Trinajstić information content (AvgIpc) is 3.66. The number of carboxylic acids is 1. The van der Waals surface area contributed by atoms with Crippen molar-refractivity contribution in [3.05, 3.63) is 0 Å². The molecule has 0 aromatic carbocycles. The molecule has 0 radical (unpaired) electrons. The normalized spacial score (nSPS) is 18.1. The van der Waals surface area contributed by atoms with Crippen LogP contribution in [0.2, 0.25) is 0 Å². The summed E-state index contributed by atoms with van der Waals surface area (Å²) < 4.78 is 5.93. The van der Waals surface area contributed by atoms with Gasteiger partial charge < -0.3 is 14.7 Å². The quantitative estimate of drug-likeness (QED) is 0.0722. The maximum Gasteiger partial charge on any atom is 0.306 e. The van der Waals surface area contributed by atoms with Gasteiger partial charge >= 0.3 is 11.9 Å². The van der Waals surface area contributed by atoms with Gasteiger partial charge in [0.15, 0.2) is 0 Å². The van der Waals surface area contributed by atoms with E-state index in [-0.39, 0.29) is 18.0 Å². The molecule has 4 unspecified atom stereocenters. The molecule has 40 heavy (non-hydrogen) atoms. The Balaban J connectivity index is 2.05. The number of unbranched alkanes of at least 4 members (excludes halogenated alkanes) is 13. The Morgan fingerprint density at radius 2 is 1.20 bits per heavy atom. The third-order valence-electron chi connectivity index (χ3n) is 8.97. The molecule has 5 heteroatoms. The zero-order valence-corrected chi connectivity index (χ0v) is 27.1. The number of rotatable bonds is 29. The molecule has 1 rings (SSSR count). The topological polar surface area (TPSA) is 66.8 Å². The van der Waals surface area contributed by atoms with Crippen LogP contribution >= 0.6 is 0 Å². The molecule has 1 fully saturated rings. The first kappa shape index (κ1) is 36.9. The highest BCUT2D eigenvalue weighted by atomic mass is 16.5. The van der Waals surface area contributed by atoms with Crippen LogP contribution in [0.25, 0.3) is 0 Å². The highest BCUT2D eigenvalue weighted by molar-refractivity contribution is 5.69. The van der Waals surface area contributed by atoms with Crippen molar-refractivity contribution in [2.45, 2.75) is 174 Å². The number of esters is 1. The van der Waals surface area contributed by atoms with Crippen LogP contribution in [0.1, 0.15) is 168 Å². The fourth-order valence-corrected chi connectivity index (χ4v) is 6.04. The number of hydrogen-bond acceptors (Lipinski definition) is 4. The molecule has 0 amide bonds. The maximum absolute atomic E-state index is 12.4. The number of carboxylic acid groups (broad SMARTS) is 1. The Labute approximate surface area is 248 Å². The second kappa shape index (κ2) is 24.5. The summed E-state index contributed by atoms with van der Waals surface area (Å²) in [6, 6.07) is 0. The minimum atomic E-state index is -0.655. The lowest BCUT2D eigenvalue weighted by molar-refractivity contribution is -0.150. The lowest BCUT2D eigenvalue weighted by Crippen LogP contribution is -2.20. The summed E-state index contributed by atoms with van der Waals surface area (Å²) in [7, 11) is 4.10. The van der Waals surface area contributed by atoms with Gasteiger partial charge in [-0.1, -0.05) is 117 Å². The summed E-state index contributed by atoms with van der Waals surface area (Å²) in [5.74, 6) is 1.13. The van der Waals surface area contributed by atoms with E-state index in [1.54, 1.807) is 0 Å².